The molecule has 0 saturated heterocycles. The lowest BCUT2D eigenvalue weighted by molar-refractivity contribution is 1.27. The molecule has 8 aromatic carbocycles. The van der Waals surface area contributed by atoms with Gasteiger partial charge >= 0.3 is 0 Å². The summed E-state index contributed by atoms with van der Waals surface area (Å²) in [5.74, 6) is 0. The lowest BCUT2D eigenvalue weighted by Crippen LogP contribution is -2.09. The Balaban J connectivity index is 1.11. The highest BCUT2D eigenvalue weighted by molar-refractivity contribution is 6.18. The highest BCUT2D eigenvalue weighted by Gasteiger charge is 2.20. The Morgan fingerprint density at radius 2 is 0.796 bits per heavy atom. The molecule has 2 heterocycles. The number of benzene rings is 8. The molecule has 254 valence electrons. The van der Waals surface area contributed by atoms with E-state index in [-0.39, 0.29) is 0 Å². The molecule has 0 saturated carbocycles. The molecule has 0 aliphatic carbocycles. The van der Waals surface area contributed by atoms with Gasteiger partial charge in [0.2, 0.25) is 0 Å². The summed E-state index contributed by atoms with van der Waals surface area (Å²) >= 11 is 0. The average molecular weight is 689 g/mol. The summed E-state index contributed by atoms with van der Waals surface area (Å²) in [5.41, 5.74) is 15.5. The minimum absolute atomic E-state index is 1.10. The normalized spacial score (nSPS) is 11.3. The molecule has 0 bridgehead atoms. The van der Waals surface area contributed by atoms with Crippen LogP contribution in [0.2, 0.25) is 0 Å². The van der Waals surface area contributed by atoms with E-state index in [1.807, 2.05) is 0 Å². The van der Waals surface area contributed by atoms with Gasteiger partial charge in [-0.25, -0.2) is 0 Å². The van der Waals surface area contributed by atoms with Gasteiger partial charge in [0.25, 0.3) is 0 Å². The zero-order chi connectivity index (χ0) is 35.8. The smallest absolute Gasteiger partial charge is 0.0619 e. The maximum Gasteiger partial charge on any atom is 0.0619 e. The van der Waals surface area contributed by atoms with Crippen molar-refractivity contribution < 1.29 is 0 Å². The zero-order valence-electron chi connectivity index (χ0n) is 29.7. The first kappa shape index (κ1) is 31.6. The Labute approximate surface area is 315 Å². The first-order chi connectivity index (χ1) is 26.8. The van der Waals surface area contributed by atoms with Crippen molar-refractivity contribution in [2.24, 2.45) is 0 Å². The summed E-state index contributed by atoms with van der Waals surface area (Å²) in [4.78, 5) is 2.35. The molecule has 0 spiro atoms. The molecule has 0 unspecified atom stereocenters. The van der Waals surface area contributed by atoms with Crippen LogP contribution >= 0.6 is 0 Å². The van der Waals surface area contributed by atoms with Gasteiger partial charge in [0.15, 0.2) is 0 Å². The van der Waals surface area contributed by atoms with E-state index in [4.69, 9.17) is 0 Å². The highest BCUT2D eigenvalue weighted by atomic mass is 15.1. The van der Waals surface area contributed by atoms with Crippen LogP contribution in [0.4, 0.5) is 17.1 Å². The Bertz CT molecular complexity index is 2790. The average Bonchev–Trinajstić information content (AvgIpc) is 3.61. The molecule has 2 nitrogen and oxygen atoms in total. The fraction of sp³-hybridized carbons (Fsp3) is 0. The topological polar surface area (TPSA) is 7.65 Å². The van der Waals surface area contributed by atoms with Gasteiger partial charge in [-0.2, -0.15) is 0 Å². The van der Waals surface area contributed by atoms with Crippen LogP contribution in [0.1, 0.15) is 0 Å². The maximum absolute atomic E-state index is 2.37. The summed E-state index contributed by atoms with van der Waals surface area (Å²) in [7, 11) is 0. The van der Waals surface area contributed by atoms with Crippen molar-refractivity contribution in [3.8, 4) is 44.5 Å². The molecule has 0 fully saturated rings. The molecule has 0 aliphatic heterocycles. The Morgan fingerprint density at radius 3 is 1.35 bits per heavy atom. The van der Waals surface area contributed by atoms with Gasteiger partial charge in [0.05, 0.1) is 11.0 Å². The van der Waals surface area contributed by atoms with Crippen molar-refractivity contribution in [1.29, 1.82) is 0 Å². The molecule has 54 heavy (non-hydrogen) atoms. The first-order valence-corrected chi connectivity index (χ1v) is 18.5. The number of fused-ring (bicyclic) bond motifs is 5. The van der Waals surface area contributed by atoms with Gasteiger partial charge in [-0.05, 0) is 92.9 Å². The number of hydrogen-bond acceptors (Lipinski definition) is 1. The molecule has 2 heteroatoms. The Morgan fingerprint density at radius 1 is 0.333 bits per heavy atom. The van der Waals surface area contributed by atoms with Gasteiger partial charge in [-0.3, -0.25) is 0 Å². The molecule has 0 atom stereocenters. The van der Waals surface area contributed by atoms with Crippen LogP contribution in [-0.4, -0.2) is 4.40 Å². The molecule has 0 amide bonds. The van der Waals surface area contributed by atoms with Crippen LogP contribution < -0.4 is 4.90 Å². The van der Waals surface area contributed by atoms with Gasteiger partial charge in [-0.15, -0.1) is 0 Å². The number of aromatic nitrogens is 1. The summed E-state index contributed by atoms with van der Waals surface area (Å²) < 4.78 is 2.37. The van der Waals surface area contributed by atoms with Gasteiger partial charge in [0.1, 0.15) is 0 Å². The van der Waals surface area contributed by atoms with E-state index in [2.05, 4.69) is 228 Å². The van der Waals surface area contributed by atoms with Crippen molar-refractivity contribution in [3.63, 3.8) is 0 Å². The third-order valence-electron chi connectivity index (χ3n) is 10.6. The maximum atomic E-state index is 2.37. The lowest BCUT2D eigenvalue weighted by Gasteiger charge is -2.26. The molecular formula is C52H36N2. The molecular weight excluding hydrogens is 653 g/mol. The molecule has 10 rings (SSSR count). The predicted molar refractivity (Wildman–Crippen MR) is 229 cm³/mol. The predicted octanol–water partition coefficient (Wildman–Crippen LogP) is 14.4. The van der Waals surface area contributed by atoms with E-state index < -0.39 is 0 Å². The monoisotopic (exact) mass is 688 g/mol. The zero-order valence-corrected chi connectivity index (χ0v) is 29.7. The second kappa shape index (κ2) is 13.4. The number of nitrogens with zero attached hydrogens (tertiary/aromatic N) is 2. The van der Waals surface area contributed by atoms with E-state index in [1.54, 1.807) is 0 Å². The fourth-order valence-corrected chi connectivity index (χ4v) is 8.03. The second-order valence-corrected chi connectivity index (χ2v) is 13.8. The third kappa shape index (κ3) is 5.53. The Kier molecular flexibility index (Phi) is 7.85. The number of anilines is 3. The molecule has 0 N–H and O–H groups in total. The summed E-state index contributed by atoms with van der Waals surface area (Å²) in [5, 5.41) is 3.76. The van der Waals surface area contributed by atoms with Crippen molar-refractivity contribution in [2.45, 2.75) is 0 Å². The van der Waals surface area contributed by atoms with Crippen molar-refractivity contribution >= 4 is 44.3 Å². The molecule has 0 radical (unpaired) electrons. The summed E-state index contributed by atoms with van der Waals surface area (Å²) in [6.45, 7) is 0. The van der Waals surface area contributed by atoms with Gasteiger partial charge < -0.3 is 9.30 Å². The molecule has 2 aromatic heterocycles. The number of rotatable bonds is 7. The minimum atomic E-state index is 1.10. The quantitative estimate of drug-likeness (QED) is 0.162. The lowest BCUT2D eigenvalue weighted by atomic mass is 9.94. The third-order valence-corrected chi connectivity index (χ3v) is 10.6. The SMILES string of the molecule is c1ccc(-c2ccc(N(c3ccc(-c4ccccc4)cc3)c3ccc(-c4cccc5c4c(-c4ccccc4)c4c6ccccc6ccn54)cc3)cc2)cc1. The van der Waals surface area contributed by atoms with Gasteiger partial charge in [0, 0.05) is 39.6 Å². The van der Waals surface area contributed by atoms with Crippen molar-refractivity contribution in [2.75, 3.05) is 4.90 Å². The fourth-order valence-electron chi connectivity index (χ4n) is 8.03. The first-order valence-electron chi connectivity index (χ1n) is 18.5. The van der Waals surface area contributed by atoms with E-state index in [0.29, 0.717) is 0 Å². The van der Waals surface area contributed by atoms with E-state index in [1.165, 1.54) is 71.7 Å². The molecule has 0 aliphatic rings. The molecule has 10 aromatic rings. The van der Waals surface area contributed by atoms with Gasteiger partial charge in [-0.1, -0.05) is 164 Å². The van der Waals surface area contributed by atoms with E-state index in [9.17, 15) is 0 Å². The summed E-state index contributed by atoms with van der Waals surface area (Å²) in [6.07, 6.45) is 2.23. The van der Waals surface area contributed by atoms with Crippen molar-refractivity contribution in [3.05, 3.63) is 219 Å². The van der Waals surface area contributed by atoms with Crippen molar-refractivity contribution in [1.82, 2.24) is 4.40 Å². The standard InChI is InChI=1S/C52H36N2/c1-4-13-37(14-5-1)39-23-29-44(30-24-39)54(45-31-25-40(26-32-45)38-15-6-2-7-16-38)46-33-27-42(28-34-46)47-21-12-22-49-51(47)50(43-18-8-3-9-19-43)52-48-20-11-10-17-41(48)35-36-53(49)52/h1-36H. The van der Waals surface area contributed by atoms with Crippen LogP contribution in [0.15, 0.2) is 219 Å². The number of pyridine rings is 1. The van der Waals surface area contributed by atoms with Crippen LogP contribution in [0.5, 0.6) is 0 Å². The summed E-state index contributed by atoms with van der Waals surface area (Å²) in [6, 6.07) is 76.5. The second-order valence-electron chi connectivity index (χ2n) is 13.8. The van der Waals surface area contributed by atoms with Crippen LogP contribution in [-0.2, 0) is 0 Å². The largest absolute Gasteiger partial charge is 0.315 e. The van der Waals surface area contributed by atoms with Crippen LogP contribution in [0, 0.1) is 0 Å². The number of hydrogen-bond donors (Lipinski definition) is 0. The Hall–Kier alpha value is -7.16. The minimum Gasteiger partial charge on any atom is -0.315 e. The highest BCUT2D eigenvalue weighted by Crippen LogP contribution is 2.44. The van der Waals surface area contributed by atoms with E-state index >= 15 is 0 Å². The van der Waals surface area contributed by atoms with Crippen LogP contribution in [0.3, 0.4) is 0 Å². The van der Waals surface area contributed by atoms with Crippen LogP contribution in [0.25, 0.3) is 71.7 Å². The van der Waals surface area contributed by atoms with E-state index in [0.717, 1.165) is 17.1 Å².